The van der Waals surface area contributed by atoms with Crippen molar-refractivity contribution in [3.05, 3.63) is 68.0 Å². The van der Waals surface area contributed by atoms with Crippen LogP contribution in [0.3, 0.4) is 0 Å². The number of benzene rings is 2. The van der Waals surface area contributed by atoms with Gasteiger partial charge in [-0.3, -0.25) is 9.59 Å². The van der Waals surface area contributed by atoms with Crippen LogP contribution < -0.4 is 15.1 Å². The first-order valence-electron chi connectivity index (χ1n) is 11.7. The predicted octanol–water partition coefficient (Wildman–Crippen LogP) is 3.54. The molecule has 0 unspecified atom stereocenters. The van der Waals surface area contributed by atoms with Gasteiger partial charge in [-0.15, -0.1) is 0 Å². The predicted molar refractivity (Wildman–Crippen MR) is 135 cm³/mol. The summed E-state index contributed by atoms with van der Waals surface area (Å²) in [5.41, 5.74) is -0.964. The minimum Gasteiger partial charge on any atom is -0.496 e. The molecule has 3 aromatic rings. The van der Waals surface area contributed by atoms with E-state index in [-0.39, 0.29) is 59.8 Å². The monoisotopic (exact) mass is 550 g/mol. The molecular formula is C26H25ClF2N2O7. The Labute approximate surface area is 220 Å². The molecule has 0 radical (unpaired) electrons. The van der Waals surface area contributed by atoms with Gasteiger partial charge in [0.1, 0.15) is 22.2 Å². The topological polar surface area (TPSA) is 118 Å². The summed E-state index contributed by atoms with van der Waals surface area (Å²) in [4.78, 5) is 38.4. The first-order chi connectivity index (χ1) is 18.1. The van der Waals surface area contributed by atoms with Gasteiger partial charge >= 0.3 is 5.97 Å². The molecule has 0 saturated carbocycles. The number of fused-ring (bicyclic) bond motifs is 1. The van der Waals surface area contributed by atoms with E-state index in [0.717, 1.165) is 6.20 Å². The number of rotatable bonds is 9. The van der Waals surface area contributed by atoms with Crippen molar-refractivity contribution in [2.75, 3.05) is 38.9 Å². The van der Waals surface area contributed by atoms with Gasteiger partial charge in [-0.1, -0.05) is 11.6 Å². The molecule has 1 aliphatic rings. The zero-order valence-electron chi connectivity index (χ0n) is 20.6. The highest BCUT2D eigenvalue weighted by Gasteiger charge is 2.28. The second-order valence-electron chi connectivity index (χ2n) is 8.88. The van der Waals surface area contributed by atoms with Gasteiger partial charge in [0.2, 0.25) is 11.3 Å². The fourth-order valence-electron chi connectivity index (χ4n) is 4.69. The molecule has 1 saturated heterocycles. The van der Waals surface area contributed by atoms with Crippen molar-refractivity contribution >= 4 is 40.1 Å². The van der Waals surface area contributed by atoms with E-state index in [4.69, 9.17) is 21.1 Å². The van der Waals surface area contributed by atoms with Crippen LogP contribution in [0.1, 0.15) is 40.4 Å². The smallest absolute Gasteiger partial charge is 0.341 e. The second-order valence-corrected chi connectivity index (χ2v) is 9.26. The van der Waals surface area contributed by atoms with Crippen LogP contribution in [0.2, 0.25) is 5.02 Å². The summed E-state index contributed by atoms with van der Waals surface area (Å²) in [6.45, 7) is -0.122. The van der Waals surface area contributed by atoms with Crippen molar-refractivity contribution in [3.63, 3.8) is 0 Å². The summed E-state index contributed by atoms with van der Waals surface area (Å²) in [5, 5.41) is 18.7. The van der Waals surface area contributed by atoms with Crippen LogP contribution in [0.5, 0.6) is 5.75 Å². The molecule has 2 heterocycles. The minimum absolute atomic E-state index is 0.0150. The number of hydrogen-bond donors (Lipinski definition) is 2. The van der Waals surface area contributed by atoms with Crippen LogP contribution in [-0.4, -0.2) is 60.6 Å². The van der Waals surface area contributed by atoms with Gasteiger partial charge in [-0.2, -0.15) is 0 Å². The molecule has 2 aromatic carbocycles. The van der Waals surface area contributed by atoms with E-state index >= 15 is 4.39 Å². The van der Waals surface area contributed by atoms with Crippen molar-refractivity contribution in [1.29, 1.82) is 0 Å². The lowest BCUT2D eigenvalue weighted by Crippen LogP contribution is -2.25. The summed E-state index contributed by atoms with van der Waals surface area (Å²) < 4.78 is 42.0. The zero-order chi connectivity index (χ0) is 27.7. The number of methoxy groups -OCH3 is 2. The highest BCUT2D eigenvalue weighted by molar-refractivity contribution is 6.31. The number of aromatic carboxylic acids is 1. The van der Waals surface area contributed by atoms with Gasteiger partial charge in [0, 0.05) is 44.1 Å². The first kappa shape index (κ1) is 27.5. The van der Waals surface area contributed by atoms with E-state index in [0.29, 0.717) is 12.0 Å². The van der Waals surface area contributed by atoms with Gasteiger partial charge in [0.05, 0.1) is 37.6 Å². The average molecular weight is 551 g/mol. The summed E-state index contributed by atoms with van der Waals surface area (Å²) in [6, 6.07) is 3.34. The Balaban J connectivity index is 1.92. The Hall–Kier alpha value is -3.54. The number of carboxylic acid groups (broad SMARTS) is 1. The highest BCUT2D eigenvalue weighted by Crippen LogP contribution is 2.36. The summed E-state index contributed by atoms with van der Waals surface area (Å²) >= 11 is 5.96. The maximum Gasteiger partial charge on any atom is 0.341 e. The van der Waals surface area contributed by atoms with Gasteiger partial charge in [-0.25, -0.2) is 13.6 Å². The number of amides is 1. The number of aliphatic hydroxyl groups excluding tert-OH is 1. The van der Waals surface area contributed by atoms with Crippen LogP contribution in [0.4, 0.5) is 14.5 Å². The molecule has 0 bridgehead atoms. The van der Waals surface area contributed by atoms with E-state index in [9.17, 15) is 29.0 Å². The van der Waals surface area contributed by atoms with Crippen LogP contribution in [0.25, 0.3) is 10.9 Å². The molecule has 1 fully saturated rings. The van der Waals surface area contributed by atoms with Gasteiger partial charge in [0.15, 0.2) is 5.82 Å². The van der Waals surface area contributed by atoms with Gasteiger partial charge in [0.25, 0.3) is 0 Å². The Morgan fingerprint density at radius 1 is 1.16 bits per heavy atom. The third-order valence-corrected chi connectivity index (χ3v) is 6.91. The van der Waals surface area contributed by atoms with Crippen molar-refractivity contribution in [1.82, 2.24) is 4.57 Å². The lowest BCUT2D eigenvalue weighted by Gasteiger charge is -2.22. The maximum absolute atomic E-state index is 15.1. The molecule has 202 valence electrons. The lowest BCUT2D eigenvalue weighted by atomic mass is 9.99. The zero-order valence-corrected chi connectivity index (χ0v) is 21.3. The number of aliphatic hydroxyl groups is 1. The molecule has 1 aliphatic heterocycles. The molecule has 0 spiro atoms. The molecule has 1 amide bonds. The lowest BCUT2D eigenvalue weighted by molar-refractivity contribution is -0.117. The Morgan fingerprint density at radius 2 is 1.89 bits per heavy atom. The standard InChI is InChI=1S/C26H25ClF2N2O7/c1-37-12-15(11-32)31-10-17(26(35)36)25(34)16-7-13(20(38-2)9-18(16)31)6-14-8-19(24(29)22(27)23(14)28)30-5-3-4-21(30)33/h7-10,15,32H,3-6,11-12H2,1-2H3,(H,35,36)/t15-/m1/s1. The molecule has 2 N–H and O–H groups in total. The summed E-state index contributed by atoms with van der Waals surface area (Å²) in [7, 11) is 2.77. The molecule has 9 nitrogen and oxygen atoms in total. The number of halogens is 3. The van der Waals surface area contributed by atoms with Gasteiger partial charge < -0.3 is 29.2 Å². The summed E-state index contributed by atoms with van der Waals surface area (Å²) in [6.07, 6.45) is 1.68. The largest absolute Gasteiger partial charge is 0.496 e. The number of carboxylic acids is 1. The highest BCUT2D eigenvalue weighted by atomic mass is 35.5. The number of pyridine rings is 1. The fraction of sp³-hybridized carbons (Fsp3) is 0.346. The van der Waals surface area contributed by atoms with Crippen molar-refractivity contribution in [2.45, 2.75) is 25.3 Å². The number of hydrogen-bond acceptors (Lipinski definition) is 6. The van der Waals surface area contributed by atoms with Crippen molar-refractivity contribution in [2.24, 2.45) is 0 Å². The summed E-state index contributed by atoms with van der Waals surface area (Å²) in [5.74, 6) is -3.62. The Morgan fingerprint density at radius 3 is 2.47 bits per heavy atom. The average Bonchev–Trinajstić information content (AvgIpc) is 3.33. The molecule has 1 aromatic heterocycles. The molecule has 0 aliphatic carbocycles. The van der Waals surface area contributed by atoms with Crippen LogP contribution in [-0.2, 0) is 16.0 Å². The van der Waals surface area contributed by atoms with Crippen LogP contribution in [0.15, 0.2) is 29.2 Å². The van der Waals surface area contributed by atoms with E-state index in [1.807, 2.05) is 0 Å². The Kier molecular flexibility index (Phi) is 8.00. The third kappa shape index (κ3) is 4.84. The van der Waals surface area contributed by atoms with E-state index < -0.39 is 46.3 Å². The Bertz CT molecular complexity index is 1490. The van der Waals surface area contributed by atoms with Crippen LogP contribution >= 0.6 is 11.6 Å². The van der Waals surface area contributed by atoms with E-state index in [1.54, 1.807) is 0 Å². The number of carbonyl (C=O) groups is 2. The fourth-order valence-corrected chi connectivity index (χ4v) is 4.91. The number of aromatic nitrogens is 1. The maximum atomic E-state index is 15.1. The minimum atomic E-state index is -1.46. The number of ether oxygens (including phenoxy) is 2. The molecule has 38 heavy (non-hydrogen) atoms. The molecule has 4 rings (SSSR count). The normalized spacial score (nSPS) is 14.4. The van der Waals surface area contributed by atoms with Crippen molar-refractivity contribution in [3.8, 4) is 5.75 Å². The number of anilines is 1. The molecule has 1 atom stereocenters. The second kappa shape index (κ2) is 11.1. The number of carbonyl (C=O) groups excluding carboxylic acids is 1. The van der Waals surface area contributed by atoms with Crippen molar-refractivity contribution < 1.29 is 38.1 Å². The first-order valence-corrected chi connectivity index (χ1v) is 12.1. The third-order valence-electron chi connectivity index (χ3n) is 6.58. The van der Waals surface area contributed by atoms with Gasteiger partial charge in [-0.05, 0) is 29.7 Å². The number of nitrogens with zero attached hydrogens (tertiary/aromatic N) is 2. The molecular weight excluding hydrogens is 526 g/mol. The van der Waals surface area contributed by atoms with E-state index in [1.165, 1.54) is 41.9 Å². The SMILES string of the molecule is COC[C@@H](CO)n1cc(C(=O)O)c(=O)c2cc(Cc3cc(N4CCCC4=O)c(F)c(Cl)c3F)c(OC)cc21. The quantitative estimate of drug-likeness (QED) is 0.391. The molecule has 12 heteroatoms. The van der Waals surface area contributed by atoms with Crippen LogP contribution in [0, 0.1) is 11.6 Å². The van der Waals surface area contributed by atoms with E-state index in [2.05, 4.69) is 0 Å².